The third-order valence-electron chi connectivity index (χ3n) is 6.28. The van der Waals surface area contributed by atoms with Crippen molar-refractivity contribution in [3.05, 3.63) is 93.4 Å². The molecule has 0 unspecified atom stereocenters. The van der Waals surface area contributed by atoms with Gasteiger partial charge in [0.05, 0.1) is 18.1 Å². The summed E-state index contributed by atoms with van der Waals surface area (Å²) in [7, 11) is 1.53. The van der Waals surface area contributed by atoms with Crippen molar-refractivity contribution in [2.24, 2.45) is 0 Å². The lowest BCUT2D eigenvalue weighted by molar-refractivity contribution is -0.123. The van der Waals surface area contributed by atoms with Crippen molar-refractivity contribution in [2.75, 3.05) is 19.0 Å². The normalized spacial score (nSPS) is 15.1. The van der Waals surface area contributed by atoms with Gasteiger partial charge in [-0.1, -0.05) is 78.1 Å². The summed E-state index contributed by atoms with van der Waals surface area (Å²) >= 11 is 6.81. The van der Waals surface area contributed by atoms with Gasteiger partial charge in [-0.2, -0.15) is 0 Å². The predicted octanol–water partition coefficient (Wildman–Crippen LogP) is 6.60. The van der Waals surface area contributed by atoms with Crippen molar-refractivity contribution in [3.8, 4) is 11.5 Å². The number of ether oxygens (including phenoxy) is 2. The van der Waals surface area contributed by atoms with E-state index in [2.05, 4.69) is 5.32 Å². The Balaban J connectivity index is 1.45. The number of anilines is 1. The zero-order chi connectivity index (χ0) is 27.4. The van der Waals surface area contributed by atoms with Crippen LogP contribution in [-0.4, -0.2) is 34.8 Å². The Hall–Kier alpha value is -3.62. The molecule has 0 saturated carbocycles. The lowest BCUT2D eigenvalue weighted by Crippen LogP contribution is -2.30. The second-order valence-electron chi connectivity index (χ2n) is 9.16. The molecule has 196 valence electrons. The smallest absolute Gasteiger partial charge is 0.266 e. The molecule has 1 atom stereocenters. The first-order valence-electron chi connectivity index (χ1n) is 12.2. The minimum Gasteiger partial charge on any atom is -0.493 e. The average molecular weight is 547 g/mol. The van der Waals surface area contributed by atoms with E-state index >= 15 is 0 Å². The van der Waals surface area contributed by atoms with E-state index in [9.17, 15) is 9.59 Å². The van der Waals surface area contributed by atoms with E-state index in [4.69, 9.17) is 21.7 Å². The van der Waals surface area contributed by atoms with Crippen molar-refractivity contribution in [1.82, 2.24) is 4.90 Å². The van der Waals surface area contributed by atoms with Crippen LogP contribution in [0.5, 0.6) is 11.5 Å². The van der Waals surface area contributed by atoms with Gasteiger partial charge in [-0.05, 0) is 68.2 Å². The number of carbonyl (C=O) groups excluding carboxylic acids is 2. The summed E-state index contributed by atoms with van der Waals surface area (Å²) < 4.78 is 11.8. The molecule has 6 nitrogen and oxygen atoms in total. The summed E-state index contributed by atoms with van der Waals surface area (Å²) in [5, 5.41) is 2.94. The van der Waals surface area contributed by atoms with Crippen LogP contribution in [0.2, 0.25) is 0 Å². The number of thiocarbonyl (C=S) groups is 1. The molecule has 8 heteroatoms. The third kappa shape index (κ3) is 6.09. The molecule has 0 aliphatic carbocycles. The number of rotatable bonds is 8. The molecule has 1 saturated heterocycles. The second-order valence-corrected chi connectivity index (χ2v) is 10.8. The highest BCUT2D eigenvalue weighted by molar-refractivity contribution is 8.26. The lowest BCUT2D eigenvalue weighted by atomic mass is 10.1. The van der Waals surface area contributed by atoms with E-state index < -0.39 is 0 Å². The van der Waals surface area contributed by atoms with Gasteiger partial charge in [0.1, 0.15) is 4.32 Å². The molecule has 1 aliphatic rings. The molecule has 3 aromatic carbocycles. The molecule has 1 aliphatic heterocycles. The van der Waals surface area contributed by atoms with Crippen LogP contribution in [0.1, 0.15) is 40.8 Å². The number of thioether (sulfide) groups is 1. The van der Waals surface area contributed by atoms with Gasteiger partial charge in [-0.15, -0.1) is 0 Å². The van der Waals surface area contributed by atoms with E-state index in [1.807, 2.05) is 76.2 Å². The van der Waals surface area contributed by atoms with Crippen molar-refractivity contribution in [2.45, 2.75) is 33.7 Å². The molecule has 2 amide bonds. The second kappa shape index (κ2) is 11.8. The Kier molecular flexibility index (Phi) is 8.54. The number of nitrogens with one attached hydrogen (secondary N) is 1. The average Bonchev–Trinajstić information content (AvgIpc) is 3.17. The Bertz CT molecular complexity index is 1400. The molecule has 1 heterocycles. The number of carbonyl (C=O) groups is 2. The van der Waals surface area contributed by atoms with Crippen LogP contribution in [0.3, 0.4) is 0 Å². The Morgan fingerprint density at radius 2 is 1.74 bits per heavy atom. The van der Waals surface area contributed by atoms with Gasteiger partial charge in [-0.3, -0.25) is 14.5 Å². The number of benzene rings is 3. The van der Waals surface area contributed by atoms with Crippen LogP contribution in [0.4, 0.5) is 5.69 Å². The topological polar surface area (TPSA) is 67.9 Å². The van der Waals surface area contributed by atoms with Crippen LogP contribution >= 0.6 is 24.0 Å². The van der Waals surface area contributed by atoms with E-state index in [1.54, 1.807) is 23.1 Å². The molecular weight excluding hydrogens is 516 g/mol. The molecule has 1 N–H and O–H groups in total. The summed E-state index contributed by atoms with van der Waals surface area (Å²) in [6, 6.07) is 19.0. The molecule has 0 radical (unpaired) electrons. The maximum atomic E-state index is 13.2. The van der Waals surface area contributed by atoms with E-state index in [1.165, 1.54) is 18.9 Å². The zero-order valence-electron chi connectivity index (χ0n) is 22.0. The first-order valence-corrected chi connectivity index (χ1v) is 13.4. The third-order valence-corrected chi connectivity index (χ3v) is 7.61. The SMILES string of the molecule is COc1cc(/C=C2\SC(=S)N([C@H](C)c3ccccc3)C2=O)ccc1OCC(=O)Nc1c(C)cc(C)cc1C. The molecule has 4 rings (SSSR count). The van der Waals surface area contributed by atoms with Gasteiger partial charge in [0.25, 0.3) is 11.8 Å². The number of methoxy groups -OCH3 is 1. The molecule has 38 heavy (non-hydrogen) atoms. The zero-order valence-corrected chi connectivity index (χ0v) is 23.7. The summed E-state index contributed by atoms with van der Waals surface area (Å²) in [6.07, 6.45) is 1.79. The number of aryl methyl sites for hydroxylation is 3. The van der Waals surface area contributed by atoms with Crippen LogP contribution in [0.15, 0.2) is 65.6 Å². The highest BCUT2D eigenvalue weighted by Crippen LogP contribution is 2.39. The Morgan fingerprint density at radius 3 is 2.39 bits per heavy atom. The summed E-state index contributed by atoms with van der Waals surface area (Å²) in [6.45, 7) is 7.76. The quantitative estimate of drug-likeness (QED) is 0.254. The maximum Gasteiger partial charge on any atom is 0.266 e. The first kappa shape index (κ1) is 27.4. The van der Waals surface area contributed by atoms with Gasteiger partial charge >= 0.3 is 0 Å². The Morgan fingerprint density at radius 1 is 1.05 bits per heavy atom. The van der Waals surface area contributed by atoms with E-state index in [0.717, 1.165) is 33.5 Å². The lowest BCUT2D eigenvalue weighted by Gasteiger charge is -2.23. The summed E-state index contributed by atoms with van der Waals surface area (Å²) in [5.41, 5.74) is 5.72. The highest BCUT2D eigenvalue weighted by atomic mass is 32.2. The molecule has 3 aromatic rings. The fourth-order valence-electron chi connectivity index (χ4n) is 4.43. The van der Waals surface area contributed by atoms with Crippen LogP contribution in [0, 0.1) is 20.8 Å². The van der Waals surface area contributed by atoms with Gasteiger partial charge in [0, 0.05) is 5.69 Å². The number of hydrogen-bond donors (Lipinski definition) is 1. The van der Waals surface area contributed by atoms with Crippen molar-refractivity contribution in [1.29, 1.82) is 0 Å². The fraction of sp³-hybridized carbons (Fsp3) is 0.233. The summed E-state index contributed by atoms with van der Waals surface area (Å²) in [5.74, 6) is 0.501. The van der Waals surface area contributed by atoms with Crippen LogP contribution in [0.25, 0.3) is 6.08 Å². The molecular formula is C30H30N2O4S2. The molecule has 0 aromatic heterocycles. The van der Waals surface area contributed by atoms with Gasteiger partial charge in [0.15, 0.2) is 18.1 Å². The van der Waals surface area contributed by atoms with Gasteiger partial charge in [-0.25, -0.2) is 0 Å². The standard InChI is InChI=1S/C30H30N2O4S2/c1-18-13-19(2)28(20(3)14-18)31-27(33)17-36-24-12-11-22(15-25(24)35-5)16-26-29(34)32(30(37)38-26)21(4)23-9-7-6-8-10-23/h6-16,21H,17H2,1-5H3,(H,31,33)/b26-16-/t21-/m1/s1. The van der Waals surface area contributed by atoms with Crippen molar-refractivity contribution >= 4 is 51.9 Å². The van der Waals surface area contributed by atoms with E-state index in [0.29, 0.717) is 20.7 Å². The van der Waals surface area contributed by atoms with E-state index in [-0.39, 0.29) is 24.5 Å². The van der Waals surface area contributed by atoms with Crippen molar-refractivity contribution < 1.29 is 19.1 Å². The van der Waals surface area contributed by atoms with Gasteiger partial charge in [0.2, 0.25) is 0 Å². The monoisotopic (exact) mass is 546 g/mol. The highest BCUT2D eigenvalue weighted by Gasteiger charge is 2.35. The minimum atomic E-state index is -0.262. The largest absolute Gasteiger partial charge is 0.493 e. The fourth-order valence-corrected chi connectivity index (χ4v) is 5.85. The first-order chi connectivity index (χ1) is 18.2. The summed E-state index contributed by atoms with van der Waals surface area (Å²) in [4.78, 5) is 28.0. The Labute approximate surface area is 233 Å². The number of nitrogens with zero attached hydrogens (tertiary/aromatic N) is 1. The molecule has 0 bridgehead atoms. The molecule has 1 fully saturated rings. The maximum absolute atomic E-state index is 13.2. The molecule has 0 spiro atoms. The van der Waals surface area contributed by atoms with Crippen LogP contribution in [-0.2, 0) is 9.59 Å². The van der Waals surface area contributed by atoms with Gasteiger partial charge < -0.3 is 14.8 Å². The number of hydrogen-bond acceptors (Lipinski definition) is 6. The predicted molar refractivity (Wildman–Crippen MR) is 158 cm³/mol. The number of amides is 2. The van der Waals surface area contributed by atoms with Crippen LogP contribution < -0.4 is 14.8 Å². The minimum absolute atomic E-state index is 0.131. The van der Waals surface area contributed by atoms with Crippen molar-refractivity contribution in [3.63, 3.8) is 0 Å².